The molecule has 0 amide bonds. The van der Waals surface area contributed by atoms with E-state index in [1.807, 2.05) is 0 Å². The molecule has 0 radical (unpaired) electrons. The molecular weight excluding hydrogens is 302 g/mol. The molecular formula is C10H14F2O5S2. The lowest BCUT2D eigenvalue weighted by Crippen LogP contribution is -2.43. The third kappa shape index (κ3) is 2.73. The largest absolute Gasteiger partial charge is 0.455 e. The van der Waals surface area contributed by atoms with Crippen molar-refractivity contribution >= 4 is 27.8 Å². The maximum atomic E-state index is 13.2. The molecule has 2 aliphatic heterocycles. The fourth-order valence-corrected chi connectivity index (χ4v) is 4.66. The predicted octanol–water partition coefficient (Wildman–Crippen LogP) is 1.68. The molecule has 2 fully saturated rings. The van der Waals surface area contributed by atoms with Gasteiger partial charge in [0.25, 0.3) is 0 Å². The first kappa shape index (κ1) is 15.0. The number of carbonyl (C=O) groups is 1. The van der Waals surface area contributed by atoms with Gasteiger partial charge in [-0.3, -0.25) is 9.35 Å². The van der Waals surface area contributed by atoms with Gasteiger partial charge in [0, 0.05) is 10.5 Å². The second-order valence-electron chi connectivity index (χ2n) is 4.83. The molecule has 2 saturated heterocycles. The normalized spacial score (nSPS) is 32.3. The SMILES string of the molecule is CC(OC(=O)C1CC2CCC1S2)C(F)(F)S(=O)(=O)O. The van der Waals surface area contributed by atoms with Gasteiger partial charge in [-0.2, -0.15) is 29.0 Å². The lowest BCUT2D eigenvalue weighted by Gasteiger charge is -2.24. The molecule has 2 heterocycles. The van der Waals surface area contributed by atoms with Gasteiger partial charge in [-0.25, -0.2) is 0 Å². The van der Waals surface area contributed by atoms with Crippen molar-refractivity contribution < 1.29 is 31.3 Å². The first-order valence-corrected chi connectivity index (χ1v) is 8.22. The number of rotatable bonds is 4. The van der Waals surface area contributed by atoms with Gasteiger partial charge in [-0.05, 0) is 26.2 Å². The van der Waals surface area contributed by atoms with Gasteiger partial charge in [0.2, 0.25) is 0 Å². The number of thioether (sulfide) groups is 1. The zero-order valence-corrected chi connectivity index (χ0v) is 11.7. The number of carbonyl (C=O) groups excluding carboxylic acids is 1. The Bertz CT molecular complexity index is 478. The van der Waals surface area contributed by atoms with Crippen LogP contribution in [0.2, 0.25) is 0 Å². The van der Waals surface area contributed by atoms with Crippen LogP contribution in [-0.4, -0.2) is 40.8 Å². The summed E-state index contributed by atoms with van der Waals surface area (Å²) < 4.78 is 60.5. The van der Waals surface area contributed by atoms with Gasteiger partial charge in [-0.1, -0.05) is 0 Å². The van der Waals surface area contributed by atoms with E-state index in [1.54, 1.807) is 11.8 Å². The molecule has 0 spiro atoms. The summed E-state index contributed by atoms with van der Waals surface area (Å²) in [5.74, 6) is -1.26. The number of alkyl halides is 2. The van der Waals surface area contributed by atoms with Crippen LogP contribution in [0.5, 0.6) is 0 Å². The number of hydrogen-bond acceptors (Lipinski definition) is 5. The van der Waals surface area contributed by atoms with Crippen LogP contribution in [0.3, 0.4) is 0 Å². The highest BCUT2D eigenvalue weighted by atomic mass is 32.2. The molecule has 2 aliphatic rings. The van der Waals surface area contributed by atoms with E-state index in [0.717, 1.165) is 19.8 Å². The Morgan fingerprint density at radius 3 is 2.53 bits per heavy atom. The molecule has 9 heteroatoms. The topological polar surface area (TPSA) is 80.7 Å². The third-order valence-corrected chi connectivity index (χ3v) is 6.27. The van der Waals surface area contributed by atoms with Crippen molar-refractivity contribution in [3.8, 4) is 0 Å². The first-order chi connectivity index (χ1) is 8.63. The van der Waals surface area contributed by atoms with Crippen molar-refractivity contribution in [1.82, 2.24) is 0 Å². The molecule has 2 bridgehead atoms. The van der Waals surface area contributed by atoms with Crippen molar-refractivity contribution in [3.63, 3.8) is 0 Å². The first-order valence-electron chi connectivity index (χ1n) is 5.83. The zero-order chi connectivity index (χ0) is 14.4. The Morgan fingerprint density at radius 1 is 1.47 bits per heavy atom. The fourth-order valence-electron chi connectivity index (χ4n) is 2.43. The van der Waals surface area contributed by atoms with E-state index in [-0.39, 0.29) is 5.25 Å². The highest BCUT2D eigenvalue weighted by molar-refractivity contribution is 8.01. The van der Waals surface area contributed by atoms with Crippen molar-refractivity contribution in [3.05, 3.63) is 0 Å². The number of hydrogen-bond donors (Lipinski definition) is 1. The van der Waals surface area contributed by atoms with Gasteiger partial charge < -0.3 is 4.74 Å². The number of fused-ring (bicyclic) bond motifs is 2. The maximum Gasteiger partial charge on any atom is 0.405 e. The van der Waals surface area contributed by atoms with E-state index in [9.17, 15) is 22.0 Å². The molecule has 1 N–H and O–H groups in total. The Balaban J connectivity index is 2.00. The standard InChI is InChI=1S/C10H14F2O5S2/c1-5(10(11,12)19(14,15)16)17-9(13)7-4-6-2-3-8(7)18-6/h5-8H,2-4H2,1H3,(H,14,15,16). The van der Waals surface area contributed by atoms with E-state index in [4.69, 9.17) is 4.55 Å². The Kier molecular flexibility index (Phi) is 3.83. The average Bonchev–Trinajstić information content (AvgIpc) is 2.88. The number of esters is 1. The summed E-state index contributed by atoms with van der Waals surface area (Å²) in [5.41, 5.74) is 0. The maximum absolute atomic E-state index is 13.2. The van der Waals surface area contributed by atoms with Crippen LogP contribution in [0.15, 0.2) is 0 Å². The van der Waals surface area contributed by atoms with E-state index in [2.05, 4.69) is 4.74 Å². The highest BCUT2D eigenvalue weighted by Crippen LogP contribution is 2.50. The molecule has 4 atom stereocenters. The smallest absolute Gasteiger partial charge is 0.405 e. The third-order valence-electron chi connectivity index (χ3n) is 3.52. The van der Waals surface area contributed by atoms with Crippen LogP contribution in [-0.2, 0) is 19.6 Å². The summed E-state index contributed by atoms with van der Waals surface area (Å²) in [6, 6.07) is 0. The van der Waals surface area contributed by atoms with E-state index >= 15 is 0 Å². The summed E-state index contributed by atoms with van der Waals surface area (Å²) in [7, 11) is -5.60. The van der Waals surface area contributed by atoms with Gasteiger partial charge in [-0.15, -0.1) is 0 Å². The van der Waals surface area contributed by atoms with Gasteiger partial charge in [0.1, 0.15) is 0 Å². The van der Waals surface area contributed by atoms with Crippen LogP contribution >= 0.6 is 11.8 Å². The minimum absolute atomic E-state index is 0.0732. The average molecular weight is 316 g/mol. The monoisotopic (exact) mass is 316 g/mol. The minimum Gasteiger partial charge on any atom is -0.455 e. The van der Waals surface area contributed by atoms with Crippen molar-refractivity contribution in [1.29, 1.82) is 0 Å². The van der Waals surface area contributed by atoms with E-state index < -0.39 is 33.4 Å². The second-order valence-corrected chi connectivity index (χ2v) is 7.87. The summed E-state index contributed by atoms with van der Waals surface area (Å²) in [6.45, 7) is 0.756. The van der Waals surface area contributed by atoms with Crippen molar-refractivity contribution in [2.45, 2.75) is 48.0 Å². The summed E-state index contributed by atoms with van der Waals surface area (Å²) >= 11 is 1.65. The van der Waals surface area contributed by atoms with Crippen LogP contribution in [0.1, 0.15) is 26.2 Å². The van der Waals surface area contributed by atoms with Crippen LogP contribution < -0.4 is 0 Å². The number of ether oxygens (including phenoxy) is 1. The molecule has 2 rings (SSSR count). The van der Waals surface area contributed by atoms with Gasteiger partial charge >= 0.3 is 21.3 Å². The van der Waals surface area contributed by atoms with Crippen molar-refractivity contribution in [2.24, 2.45) is 5.92 Å². The summed E-state index contributed by atoms with van der Waals surface area (Å²) in [5, 5.41) is -4.06. The molecule has 0 aliphatic carbocycles. The molecule has 4 unspecified atom stereocenters. The summed E-state index contributed by atoms with van der Waals surface area (Å²) in [4.78, 5) is 11.8. The van der Waals surface area contributed by atoms with E-state index in [0.29, 0.717) is 11.7 Å². The van der Waals surface area contributed by atoms with Crippen LogP contribution in [0.25, 0.3) is 0 Å². The van der Waals surface area contributed by atoms with Crippen LogP contribution in [0.4, 0.5) is 8.78 Å². The Hall–Kier alpha value is -0.410. The molecule has 110 valence electrons. The lowest BCUT2D eigenvalue weighted by molar-refractivity contribution is -0.164. The predicted molar refractivity (Wildman–Crippen MR) is 64.6 cm³/mol. The molecule has 0 saturated carbocycles. The molecule has 19 heavy (non-hydrogen) atoms. The quantitative estimate of drug-likeness (QED) is 0.628. The zero-order valence-electron chi connectivity index (χ0n) is 10.1. The van der Waals surface area contributed by atoms with Crippen molar-refractivity contribution in [2.75, 3.05) is 0 Å². The minimum atomic E-state index is -5.60. The number of halogens is 2. The molecule has 0 aromatic heterocycles. The lowest BCUT2D eigenvalue weighted by atomic mass is 9.89. The summed E-state index contributed by atoms with van der Waals surface area (Å²) in [6.07, 6.45) is 0.228. The fraction of sp³-hybridized carbons (Fsp3) is 0.900. The second kappa shape index (κ2) is 4.85. The van der Waals surface area contributed by atoms with Crippen LogP contribution in [0, 0.1) is 5.92 Å². The highest BCUT2D eigenvalue weighted by Gasteiger charge is 2.53. The van der Waals surface area contributed by atoms with Gasteiger partial charge in [0.15, 0.2) is 6.10 Å². The van der Waals surface area contributed by atoms with Gasteiger partial charge in [0.05, 0.1) is 5.92 Å². The molecule has 0 aromatic carbocycles. The van der Waals surface area contributed by atoms with E-state index in [1.165, 1.54) is 0 Å². The molecule has 5 nitrogen and oxygen atoms in total. The Morgan fingerprint density at radius 2 is 2.11 bits per heavy atom. The Labute approximate surface area is 113 Å². The molecule has 0 aromatic rings.